The van der Waals surface area contributed by atoms with E-state index in [0.29, 0.717) is 12.5 Å². The molecule has 1 rings (SSSR count). The van der Waals surface area contributed by atoms with Gasteiger partial charge in [0, 0.05) is 40.0 Å². The minimum Gasteiger partial charge on any atom is -0.466 e. The highest BCUT2D eigenvalue weighted by molar-refractivity contribution is 6.60. The Morgan fingerprint density at radius 3 is 2.27 bits per heavy atom. The fraction of sp³-hybridized carbons (Fsp3) is 0.667. The lowest BCUT2D eigenvalue weighted by Gasteiger charge is -2.26. The monoisotopic (exact) mass is 446 g/mol. The molecule has 12 heteroatoms. The largest absolute Gasteiger partial charge is 0.500 e. The average Bonchev–Trinajstić information content (AvgIpc) is 2.95. The molecule has 1 heterocycles. The van der Waals surface area contributed by atoms with E-state index in [2.05, 4.69) is 6.58 Å². The van der Waals surface area contributed by atoms with Crippen LogP contribution in [-0.4, -0.2) is 96.2 Å². The summed E-state index contributed by atoms with van der Waals surface area (Å²) in [6.07, 6.45) is 1.16. The van der Waals surface area contributed by atoms with E-state index in [1.165, 1.54) is 26.2 Å². The van der Waals surface area contributed by atoms with Crippen molar-refractivity contribution in [3.8, 4) is 0 Å². The smallest absolute Gasteiger partial charge is 0.466 e. The number of imide groups is 1. The van der Waals surface area contributed by atoms with Gasteiger partial charge in [0.25, 0.3) is 5.91 Å². The van der Waals surface area contributed by atoms with E-state index >= 15 is 0 Å². The molecule has 1 fully saturated rings. The van der Waals surface area contributed by atoms with Gasteiger partial charge in [-0.3, -0.25) is 14.5 Å². The van der Waals surface area contributed by atoms with E-state index in [4.69, 9.17) is 22.8 Å². The summed E-state index contributed by atoms with van der Waals surface area (Å²) < 4.78 is 25.9. The van der Waals surface area contributed by atoms with Gasteiger partial charge in [-0.25, -0.2) is 9.59 Å². The maximum absolute atomic E-state index is 12.8. The number of hydrogen-bond donors (Lipinski definition) is 0. The van der Waals surface area contributed by atoms with Crippen molar-refractivity contribution < 1.29 is 41.9 Å². The lowest BCUT2D eigenvalue weighted by atomic mass is 10.2. The first-order valence-corrected chi connectivity index (χ1v) is 11.4. The molecule has 170 valence electrons. The van der Waals surface area contributed by atoms with Crippen LogP contribution in [0.2, 0.25) is 6.04 Å². The quantitative estimate of drug-likeness (QED) is 0.163. The average molecular weight is 447 g/mol. The second kappa shape index (κ2) is 12.4. The normalized spacial score (nSPS) is 16.7. The molecule has 1 unspecified atom stereocenters. The van der Waals surface area contributed by atoms with Gasteiger partial charge in [-0.05, 0) is 13.3 Å². The Kier molecular flexibility index (Phi) is 10.7. The van der Waals surface area contributed by atoms with Gasteiger partial charge < -0.3 is 27.7 Å². The molecule has 1 atom stereocenters. The van der Waals surface area contributed by atoms with Gasteiger partial charge in [0.1, 0.15) is 12.6 Å². The molecule has 11 nitrogen and oxygen atoms in total. The second-order valence-corrected chi connectivity index (χ2v) is 9.35. The number of esters is 2. The molecule has 0 saturated carbocycles. The molecule has 3 amide bonds. The van der Waals surface area contributed by atoms with Crippen molar-refractivity contribution >= 4 is 32.7 Å². The molecular weight excluding hydrogens is 416 g/mol. The van der Waals surface area contributed by atoms with Gasteiger partial charge in [-0.15, -0.1) is 0 Å². The van der Waals surface area contributed by atoms with Crippen LogP contribution in [0.3, 0.4) is 0 Å². The number of nitrogens with zero attached hydrogens (tertiary/aromatic N) is 2. The molecule has 1 aliphatic rings. The third-order valence-corrected chi connectivity index (χ3v) is 7.44. The van der Waals surface area contributed by atoms with Gasteiger partial charge >= 0.3 is 26.8 Å². The topological polar surface area (TPSA) is 121 Å². The number of rotatable bonds is 14. The highest BCUT2D eigenvalue weighted by Crippen LogP contribution is 2.23. The van der Waals surface area contributed by atoms with Crippen LogP contribution in [0.4, 0.5) is 4.79 Å². The van der Waals surface area contributed by atoms with Gasteiger partial charge in [-0.1, -0.05) is 6.58 Å². The van der Waals surface area contributed by atoms with E-state index in [1.807, 2.05) is 0 Å². The Morgan fingerprint density at radius 1 is 1.10 bits per heavy atom. The molecule has 1 saturated heterocycles. The third-order valence-electron chi connectivity index (χ3n) is 4.61. The summed E-state index contributed by atoms with van der Waals surface area (Å²) in [6, 6.07) is -1.14. The molecule has 0 aromatic carbocycles. The van der Waals surface area contributed by atoms with Crippen molar-refractivity contribution in [2.24, 2.45) is 0 Å². The van der Waals surface area contributed by atoms with Crippen molar-refractivity contribution in [1.29, 1.82) is 0 Å². The Hall–Kier alpha value is -2.28. The molecule has 0 aliphatic carbocycles. The first-order chi connectivity index (χ1) is 14.3. The van der Waals surface area contributed by atoms with E-state index in [1.54, 1.807) is 6.92 Å². The second-order valence-electron chi connectivity index (χ2n) is 6.26. The summed E-state index contributed by atoms with van der Waals surface area (Å²) in [7, 11) is 1.61. The van der Waals surface area contributed by atoms with Crippen molar-refractivity contribution in [3.63, 3.8) is 0 Å². The highest BCUT2D eigenvalue weighted by Gasteiger charge is 2.46. The zero-order valence-electron chi connectivity index (χ0n) is 17.9. The van der Waals surface area contributed by atoms with Crippen LogP contribution >= 0.6 is 0 Å². The van der Waals surface area contributed by atoms with Crippen LogP contribution in [0, 0.1) is 0 Å². The standard InChI is InChI=1S/C18H30N2O9Si/c1-6-15(21)29-11-10-20-17(23)14(13-16(22)28-7-2)19(18(20)24)9-8-12-30(25-3,26-4)27-5/h6,14H,1,7-13H2,2-5H3. The first kappa shape index (κ1) is 25.8. The lowest BCUT2D eigenvalue weighted by molar-refractivity contribution is -0.146. The molecular formula is C18H30N2O9Si. The van der Waals surface area contributed by atoms with E-state index < -0.39 is 38.7 Å². The Labute approximate surface area is 177 Å². The maximum Gasteiger partial charge on any atom is 0.500 e. The number of carbonyl (C=O) groups excluding carboxylic acids is 4. The number of carbonyl (C=O) groups is 4. The van der Waals surface area contributed by atoms with Crippen LogP contribution in [-0.2, 0) is 37.1 Å². The summed E-state index contributed by atoms with van der Waals surface area (Å²) in [5.41, 5.74) is 0. The molecule has 0 spiro atoms. The van der Waals surface area contributed by atoms with Gasteiger partial charge in [-0.2, -0.15) is 0 Å². The SMILES string of the molecule is C=CC(=O)OCCN1C(=O)C(CC(=O)OCC)N(CCC[Si](OC)(OC)OC)C1=O. The van der Waals surface area contributed by atoms with E-state index in [0.717, 1.165) is 11.0 Å². The van der Waals surface area contributed by atoms with Crippen LogP contribution in [0.1, 0.15) is 19.8 Å². The zero-order valence-corrected chi connectivity index (χ0v) is 18.9. The van der Waals surface area contributed by atoms with E-state index in [9.17, 15) is 19.2 Å². The molecule has 0 radical (unpaired) electrons. The molecule has 30 heavy (non-hydrogen) atoms. The van der Waals surface area contributed by atoms with Gasteiger partial charge in [0.05, 0.1) is 19.6 Å². The molecule has 0 aromatic rings. The molecule has 0 N–H and O–H groups in total. The zero-order chi connectivity index (χ0) is 22.7. The predicted molar refractivity (Wildman–Crippen MR) is 106 cm³/mol. The van der Waals surface area contributed by atoms with Crippen molar-refractivity contribution in [2.45, 2.75) is 31.9 Å². The first-order valence-electron chi connectivity index (χ1n) is 9.51. The van der Waals surface area contributed by atoms with Crippen molar-refractivity contribution in [2.75, 3.05) is 47.6 Å². The van der Waals surface area contributed by atoms with Crippen molar-refractivity contribution in [1.82, 2.24) is 9.80 Å². The number of urea groups is 1. The summed E-state index contributed by atoms with van der Waals surface area (Å²) in [5, 5.41) is 0. The van der Waals surface area contributed by atoms with Crippen LogP contribution in [0.5, 0.6) is 0 Å². The predicted octanol–water partition coefficient (Wildman–Crippen LogP) is 0.570. The van der Waals surface area contributed by atoms with Crippen LogP contribution < -0.4 is 0 Å². The fourth-order valence-corrected chi connectivity index (χ4v) is 4.75. The summed E-state index contributed by atoms with van der Waals surface area (Å²) in [6.45, 7) is 4.99. The molecule has 0 aromatic heterocycles. The number of amides is 3. The van der Waals surface area contributed by atoms with Crippen LogP contribution in [0.25, 0.3) is 0 Å². The van der Waals surface area contributed by atoms with Gasteiger partial charge in [0.2, 0.25) is 0 Å². The maximum atomic E-state index is 12.8. The molecule has 1 aliphatic heterocycles. The third kappa shape index (κ3) is 6.62. The highest BCUT2D eigenvalue weighted by atomic mass is 28.4. The Balaban J connectivity index is 2.87. The number of ether oxygens (including phenoxy) is 2. The Morgan fingerprint density at radius 2 is 1.73 bits per heavy atom. The Bertz CT molecular complexity index is 631. The summed E-state index contributed by atoms with van der Waals surface area (Å²) in [4.78, 5) is 51.0. The lowest BCUT2D eigenvalue weighted by Crippen LogP contribution is -2.44. The van der Waals surface area contributed by atoms with Gasteiger partial charge in [0.15, 0.2) is 0 Å². The van der Waals surface area contributed by atoms with Crippen molar-refractivity contribution in [3.05, 3.63) is 12.7 Å². The van der Waals surface area contributed by atoms with Crippen LogP contribution in [0.15, 0.2) is 12.7 Å². The fourth-order valence-electron chi connectivity index (χ4n) is 3.05. The number of hydrogen-bond acceptors (Lipinski definition) is 9. The summed E-state index contributed by atoms with van der Waals surface area (Å²) in [5.74, 6) is -1.78. The minimum absolute atomic E-state index is 0.125. The van der Waals surface area contributed by atoms with E-state index in [-0.39, 0.29) is 32.7 Å². The molecule has 0 bridgehead atoms. The summed E-state index contributed by atoms with van der Waals surface area (Å²) >= 11 is 0. The minimum atomic E-state index is -2.84.